The van der Waals surface area contributed by atoms with Crippen molar-refractivity contribution in [2.24, 2.45) is 0 Å². The molecule has 0 aromatic rings. The van der Waals surface area contributed by atoms with Crippen LogP contribution in [0.3, 0.4) is 0 Å². The van der Waals surface area contributed by atoms with E-state index < -0.39 is 0 Å². The highest BCUT2D eigenvalue weighted by atomic mass is 16.5. The Bertz CT molecular complexity index is 257. The van der Waals surface area contributed by atoms with Gasteiger partial charge in [0.1, 0.15) is 6.10 Å². The Balaban J connectivity index is 1.72. The van der Waals surface area contributed by atoms with Gasteiger partial charge in [-0.3, -0.25) is 4.79 Å². The lowest BCUT2D eigenvalue weighted by atomic mass is 10.1. The first kappa shape index (κ1) is 10.6. The third-order valence-corrected chi connectivity index (χ3v) is 2.87. The lowest BCUT2D eigenvalue weighted by Crippen LogP contribution is -2.36. The van der Waals surface area contributed by atoms with Crippen LogP contribution in [0.4, 0.5) is 0 Å². The molecule has 4 heteroatoms. The first-order valence-electron chi connectivity index (χ1n) is 5.64. The van der Waals surface area contributed by atoms with Gasteiger partial charge < -0.3 is 15.4 Å². The fourth-order valence-corrected chi connectivity index (χ4v) is 1.93. The number of rotatable bonds is 3. The van der Waals surface area contributed by atoms with Gasteiger partial charge in [-0.05, 0) is 25.8 Å². The van der Waals surface area contributed by atoms with E-state index in [1.165, 1.54) is 5.57 Å². The van der Waals surface area contributed by atoms with Crippen LogP contribution in [-0.4, -0.2) is 38.3 Å². The summed E-state index contributed by atoms with van der Waals surface area (Å²) in [5.74, 6) is 0.0481. The van der Waals surface area contributed by atoms with E-state index in [1.54, 1.807) is 0 Å². The van der Waals surface area contributed by atoms with Crippen LogP contribution < -0.4 is 10.6 Å². The summed E-state index contributed by atoms with van der Waals surface area (Å²) >= 11 is 0. The van der Waals surface area contributed by atoms with E-state index in [1.807, 2.05) is 0 Å². The third kappa shape index (κ3) is 3.04. The van der Waals surface area contributed by atoms with Crippen LogP contribution in [0.25, 0.3) is 0 Å². The van der Waals surface area contributed by atoms with E-state index in [0.717, 1.165) is 39.0 Å². The molecule has 2 N–H and O–H groups in total. The molecule has 0 spiro atoms. The van der Waals surface area contributed by atoms with Gasteiger partial charge >= 0.3 is 0 Å². The molecule has 2 heterocycles. The first-order valence-corrected chi connectivity index (χ1v) is 5.64. The summed E-state index contributed by atoms with van der Waals surface area (Å²) in [6.07, 6.45) is 4.86. The monoisotopic (exact) mass is 210 g/mol. The molecule has 2 rings (SSSR count). The predicted molar refractivity (Wildman–Crippen MR) is 57.6 cm³/mol. The highest BCUT2D eigenvalue weighted by Gasteiger charge is 2.23. The Kier molecular flexibility index (Phi) is 3.75. The number of hydrogen-bond donors (Lipinski definition) is 2. The van der Waals surface area contributed by atoms with E-state index in [-0.39, 0.29) is 12.0 Å². The zero-order chi connectivity index (χ0) is 10.5. The number of nitrogens with one attached hydrogen (secondary N) is 2. The summed E-state index contributed by atoms with van der Waals surface area (Å²) in [5, 5.41) is 6.18. The highest BCUT2D eigenvalue weighted by molar-refractivity contribution is 5.81. The van der Waals surface area contributed by atoms with Crippen molar-refractivity contribution < 1.29 is 9.53 Å². The minimum Gasteiger partial charge on any atom is -0.368 e. The van der Waals surface area contributed by atoms with Crippen LogP contribution >= 0.6 is 0 Å². The first-order chi connectivity index (χ1) is 7.36. The standard InChI is InChI=1S/C11H18N2O2/c14-11(10-2-1-7-15-10)13-8-9-3-5-12-6-4-9/h3,10,12H,1-2,4-8H2,(H,13,14)/t10-/m0/s1. The van der Waals surface area contributed by atoms with Crippen LogP contribution in [0.15, 0.2) is 11.6 Å². The van der Waals surface area contributed by atoms with Crippen LogP contribution in [0.5, 0.6) is 0 Å². The molecule has 0 radical (unpaired) electrons. The Morgan fingerprint density at radius 1 is 1.67 bits per heavy atom. The lowest BCUT2D eigenvalue weighted by Gasteiger charge is -2.16. The molecule has 1 saturated heterocycles. The molecule has 2 aliphatic heterocycles. The van der Waals surface area contributed by atoms with Gasteiger partial charge in [0.15, 0.2) is 0 Å². The molecule has 1 atom stereocenters. The van der Waals surface area contributed by atoms with Gasteiger partial charge in [-0.1, -0.05) is 11.6 Å². The molecule has 84 valence electrons. The van der Waals surface area contributed by atoms with Crippen LogP contribution in [0.2, 0.25) is 0 Å². The average molecular weight is 210 g/mol. The van der Waals surface area contributed by atoms with Crippen LogP contribution in [-0.2, 0) is 9.53 Å². The summed E-state index contributed by atoms with van der Waals surface area (Å²) in [4.78, 5) is 11.6. The summed E-state index contributed by atoms with van der Waals surface area (Å²) in [7, 11) is 0. The molecule has 1 fully saturated rings. The van der Waals surface area contributed by atoms with Gasteiger partial charge in [-0.15, -0.1) is 0 Å². The molecule has 4 nitrogen and oxygen atoms in total. The fraction of sp³-hybridized carbons (Fsp3) is 0.727. The summed E-state index contributed by atoms with van der Waals surface area (Å²) in [5.41, 5.74) is 1.32. The molecule has 1 amide bonds. The maximum atomic E-state index is 11.6. The Hall–Kier alpha value is -0.870. The quantitative estimate of drug-likeness (QED) is 0.654. The maximum Gasteiger partial charge on any atom is 0.249 e. The van der Waals surface area contributed by atoms with E-state index in [2.05, 4.69) is 16.7 Å². The Morgan fingerprint density at radius 3 is 3.27 bits per heavy atom. The van der Waals surface area contributed by atoms with Gasteiger partial charge in [0.05, 0.1) is 0 Å². The zero-order valence-corrected chi connectivity index (χ0v) is 8.92. The minimum absolute atomic E-state index is 0.0481. The second kappa shape index (κ2) is 5.28. The molecule has 0 saturated carbocycles. The topological polar surface area (TPSA) is 50.4 Å². The molecule has 15 heavy (non-hydrogen) atoms. The Morgan fingerprint density at radius 2 is 2.60 bits per heavy atom. The number of ether oxygens (including phenoxy) is 1. The van der Waals surface area contributed by atoms with Crippen molar-refractivity contribution in [2.75, 3.05) is 26.2 Å². The normalized spacial score (nSPS) is 26.1. The minimum atomic E-state index is -0.202. The van der Waals surface area contributed by atoms with Gasteiger partial charge in [-0.25, -0.2) is 0 Å². The highest BCUT2D eigenvalue weighted by Crippen LogP contribution is 2.12. The number of carbonyl (C=O) groups is 1. The largest absolute Gasteiger partial charge is 0.368 e. The lowest BCUT2D eigenvalue weighted by molar-refractivity contribution is -0.129. The molecule has 0 unspecified atom stereocenters. The molecule has 0 aliphatic carbocycles. The molecule has 0 aromatic carbocycles. The smallest absolute Gasteiger partial charge is 0.249 e. The van der Waals surface area contributed by atoms with E-state index >= 15 is 0 Å². The van der Waals surface area contributed by atoms with Gasteiger partial charge in [0.25, 0.3) is 0 Å². The third-order valence-electron chi connectivity index (χ3n) is 2.87. The molecule has 2 aliphatic rings. The van der Waals surface area contributed by atoms with Gasteiger partial charge in [-0.2, -0.15) is 0 Å². The fourth-order valence-electron chi connectivity index (χ4n) is 1.93. The summed E-state index contributed by atoms with van der Waals surface area (Å²) in [6.45, 7) is 3.35. The van der Waals surface area contributed by atoms with Crippen molar-refractivity contribution in [2.45, 2.75) is 25.4 Å². The molecule has 0 aromatic heterocycles. The average Bonchev–Trinajstić information content (AvgIpc) is 2.81. The number of carbonyl (C=O) groups excluding carboxylic acids is 1. The van der Waals surface area contributed by atoms with Crippen molar-refractivity contribution >= 4 is 5.91 Å². The second-order valence-electron chi connectivity index (χ2n) is 4.04. The van der Waals surface area contributed by atoms with E-state index in [9.17, 15) is 4.79 Å². The van der Waals surface area contributed by atoms with Crippen molar-refractivity contribution in [3.05, 3.63) is 11.6 Å². The van der Waals surface area contributed by atoms with E-state index in [0.29, 0.717) is 6.54 Å². The van der Waals surface area contributed by atoms with Crippen molar-refractivity contribution in [3.8, 4) is 0 Å². The maximum absolute atomic E-state index is 11.6. The number of hydrogen-bond acceptors (Lipinski definition) is 3. The number of amides is 1. The second-order valence-corrected chi connectivity index (χ2v) is 4.04. The molecule has 0 bridgehead atoms. The summed E-state index contributed by atoms with van der Waals surface area (Å²) < 4.78 is 5.31. The predicted octanol–water partition coefficient (Wildman–Crippen LogP) is 0.201. The Labute approximate surface area is 90.1 Å². The van der Waals surface area contributed by atoms with Crippen molar-refractivity contribution in [1.29, 1.82) is 0 Å². The SMILES string of the molecule is O=C(NCC1=CCNCC1)[C@@H]1CCCO1. The molecular formula is C11H18N2O2. The molecular weight excluding hydrogens is 192 g/mol. The zero-order valence-electron chi connectivity index (χ0n) is 8.92. The van der Waals surface area contributed by atoms with Gasteiger partial charge in [0.2, 0.25) is 5.91 Å². The van der Waals surface area contributed by atoms with E-state index in [4.69, 9.17) is 4.74 Å². The van der Waals surface area contributed by atoms with Gasteiger partial charge in [0, 0.05) is 19.7 Å². The van der Waals surface area contributed by atoms with Crippen LogP contribution in [0, 0.1) is 0 Å². The van der Waals surface area contributed by atoms with Crippen molar-refractivity contribution in [1.82, 2.24) is 10.6 Å². The van der Waals surface area contributed by atoms with Crippen LogP contribution in [0.1, 0.15) is 19.3 Å². The van der Waals surface area contributed by atoms with Crippen molar-refractivity contribution in [3.63, 3.8) is 0 Å². The summed E-state index contributed by atoms with van der Waals surface area (Å²) in [6, 6.07) is 0.